The Balaban J connectivity index is 1.37. The van der Waals surface area contributed by atoms with Gasteiger partial charge >= 0.3 is 0 Å². The number of nitrogens with zero attached hydrogens (tertiary/aromatic N) is 6. The van der Waals surface area contributed by atoms with Crippen LogP contribution >= 0.6 is 11.3 Å². The van der Waals surface area contributed by atoms with Gasteiger partial charge in [0.2, 0.25) is 0 Å². The van der Waals surface area contributed by atoms with E-state index in [4.69, 9.17) is 4.98 Å². The fourth-order valence-electron chi connectivity index (χ4n) is 5.38. The predicted octanol–water partition coefficient (Wildman–Crippen LogP) is 4.99. The van der Waals surface area contributed by atoms with Crippen molar-refractivity contribution < 1.29 is 0 Å². The summed E-state index contributed by atoms with van der Waals surface area (Å²) in [6.07, 6.45) is 6.58. The molecule has 0 spiro atoms. The first-order valence-corrected chi connectivity index (χ1v) is 13.0. The first-order valence-electron chi connectivity index (χ1n) is 12.2. The maximum atomic E-state index is 5.22. The van der Waals surface area contributed by atoms with E-state index < -0.39 is 0 Å². The van der Waals surface area contributed by atoms with Gasteiger partial charge in [-0.15, -0.1) is 0 Å². The molecule has 174 valence electrons. The third-order valence-electron chi connectivity index (χ3n) is 7.52. The number of rotatable bonds is 5. The average Bonchev–Trinajstić information content (AvgIpc) is 3.17. The van der Waals surface area contributed by atoms with E-state index in [1.807, 2.05) is 4.52 Å². The van der Waals surface area contributed by atoms with Crippen molar-refractivity contribution in [2.24, 2.45) is 5.92 Å². The second-order valence-electron chi connectivity index (χ2n) is 10.3. The van der Waals surface area contributed by atoms with Crippen molar-refractivity contribution in [3.8, 4) is 11.3 Å². The van der Waals surface area contributed by atoms with Gasteiger partial charge in [0, 0.05) is 49.5 Å². The Morgan fingerprint density at radius 2 is 2.00 bits per heavy atom. The molecular weight excluding hydrogens is 430 g/mol. The largest absolute Gasteiger partial charge is 0.344 e. The molecule has 7 nitrogen and oxygen atoms in total. The van der Waals surface area contributed by atoms with Gasteiger partial charge in [0.15, 0.2) is 10.8 Å². The highest BCUT2D eigenvalue weighted by molar-refractivity contribution is 7.21. The fraction of sp³-hybridized carbons (Fsp3) is 0.560. The van der Waals surface area contributed by atoms with E-state index in [1.165, 1.54) is 52.2 Å². The quantitative estimate of drug-likeness (QED) is 0.451. The number of H-pyrrole nitrogens is 1. The summed E-state index contributed by atoms with van der Waals surface area (Å²) in [7, 11) is 0. The summed E-state index contributed by atoms with van der Waals surface area (Å²) in [5.41, 5.74) is 8.12. The molecule has 1 aliphatic carbocycles. The van der Waals surface area contributed by atoms with Crippen LogP contribution in [-0.2, 0) is 0 Å². The summed E-state index contributed by atoms with van der Waals surface area (Å²) in [6, 6.07) is 0.495. The van der Waals surface area contributed by atoms with Crippen LogP contribution in [0.15, 0.2) is 12.5 Å². The van der Waals surface area contributed by atoms with Crippen LogP contribution in [0.25, 0.3) is 27.3 Å². The van der Waals surface area contributed by atoms with Crippen molar-refractivity contribution in [2.45, 2.75) is 59.4 Å². The fourth-order valence-corrected chi connectivity index (χ4v) is 6.49. The van der Waals surface area contributed by atoms with Crippen molar-refractivity contribution >= 4 is 32.5 Å². The molecule has 0 amide bonds. The van der Waals surface area contributed by atoms with Gasteiger partial charge < -0.3 is 9.88 Å². The Morgan fingerprint density at radius 1 is 1.18 bits per heavy atom. The number of hydrogen-bond acceptors (Lipinski definition) is 6. The summed E-state index contributed by atoms with van der Waals surface area (Å²) < 4.78 is 1.89. The maximum absolute atomic E-state index is 5.22. The molecule has 1 saturated heterocycles. The molecule has 6 rings (SSSR count). The highest BCUT2D eigenvalue weighted by Gasteiger charge is 2.31. The molecule has 2 aliphatic rings. The molecule has 4 aromatic rings. The highest BCUT2D eigenvalue weighted by Crippen LogP contribution is 2.41. The number of aromatic nitrogens is 5. The summed E-state index contributed by atoms with van der Waals surface area (Å²) in [4.78, 5) is 19.7. The number of aryl methyl sites for hydroxylation is 1. The van der Waals surface area contributed by atoms with Gasteiger partial charge in [-0.1, -0.05) is 25.2 Å². The van der Waals surface area contributed by atoms with Crippen molar-refractivity contribution in [3.63, 3.8) is 0 Å². The highest BCUT2D eigenvalue weighted by atomic mass is 32.1. The normalized spacial score (nSPS) is 20.1. The first-order chi connectivity index (χ1) is 15.9. The average molecular weight is 464 g/mol. The predicted molar refractivity (Wildman–Crippen MR) is 135 cm³/mol. The first kappa shape index (κ1) is 21.1. The van der Waals surface area contributed by atoms with Gasteiger partial charge in [-0.2, -0.15) is 5.10 Å². The topological polar surface area (TPSA) is 65.4 Å². The second-order valence-corrected chi connectivity index (χ2v) is 11.3. The lowest BCUT2D eigenvalue weighted by Crippen LogP contribution is -2.52. The Labute approximate surface area is 198 Å². The standard InChI is InChI=1S/C25H33N7S/c1-14(2)20-21(19-12-32-23(26-13-27-32)17(5)16(19)4)28-24-22(20)29-25(33-24)31-9-8-30(10-15(31)3)11-18-6-7-18/h12-15,18,28H,6-11H2,1-5H3. The summed E-state index contributed by atoms with van der Waals surface area (Å²) in [5, 5.41) is 5.56. The van der Waals surface area contributed by atoms with Crippen molar-refractivity contribution in [3.05, 3.63) is 29.2 Å². The molecule has 1 atom stereocenters. The third-order valence-corrected chi connectivity index (χ3v) is 8.53. The van der Waals surface area contributed by atoms with Crippen LogP contribution in [0.3, 0.4) is 0 Å². The molecule has 0 aromatic carbocycles. The summed E-state index contributed by atoms with van der Waals surface area (Å²) in [6.45, 7) is 15.8. The number of aromatic amines is 1. The lowest BCUT2D eigenvalue weighted by Gasteiger charge is -2.39. The van der Waals surface area contributed by atoms with E-state index in [1.54, 1.807) is 17.7 Å². The molecule has 5 heterocycles. The van der Waals surface area contributed by atoms with Crippen molar-refractivity contribution in [1.29, 1.82) is 0 Å². The zero-order valence-electron chi connectivity index (χ0n) is 20.2. The minimum Gasteiger partial charge on any atom is -0.344 e. The number of fused-ring (bicyclic) bond motifs is 2. The number of thiazole rings is 1. The number of nitrogens with one attached hydrogen (secondary N) is 1. The molecule has 1 N–H and O–H groups in total. The Morgan fingerprint density at radius 3 is 2.73 bits per heavy atom. The van der Waals surface area contributed by atoms with Crippen molar-refractivity contribution in [2.75, 3.05) is 31.1 Å². The number of pyridine rings is 1. The molecule has 8 heteroatoms. The van der Waals surface area contributed by atoms with E-state index in [-0.39, 0.29) is 0 Å². The minimum atomic E-state index is 0.364. The van der Waals surface area contributed by atoms with Gasteiger partial charge in [0.25, 0.3) is 0 Å². The molecule has 0 radical (unpaired) electrons. The molecule has 1 unspecified atom stereocenters. The molecule has 4 aromatic heterocycles. The van der Waals surface area contributed by atoms with Gasteiger partial charge in [-0.05, 0) is 56.6 Å². The Kier molecular flexibility index (Phi) is 4.99. The molecular formula is C25H33N7S. The van der Waals surface area contributed by atoms with Gasteiger partial charge in [-0.25, -0.2) is 14.5 Å². The monoisotopic (exact) mass is 463 g/mol. The van der Waals surface area contributed by atoms with Crippen LogP contribution < -0.4 is 4.90 Å². The van der Waals surface area contributed by atoms with E-state index in [0.29, 0.717) is 12.0 Å². The second kappa shape index (κ2) is 7.81. The van der Waals surface area contributed by atoms with Crippen LogP contribution in [-0.4, -0.2) is 61.7 Å². The minimum absolute atomic E-state index is 0.364. The Bertz CT molecular complexity index is 1330. The SMILES string of the molecule is Cc1c(-c2[nH]c3sc(N4CCN(CC5CC5)CC4C)nc3c2C(C)C)cn2ncnc2c1C. The molecule has 0 bridgehead atoms. The van der Waals surface area contributed by atoms with Crippen LogP contribution in [0.1, 0.15) is 56.2 Å². The van der Waals surface area contributed by atoms with E-state index in [0.717, 1.165) is 41.8 Å². The number of piperazine rings is 1. The molecule has 1 aliphatic heterocycles. The smallest absolute Gasteiger partial charge is 0.188 e. The van der Waals surface area contributed by atoms with Crippen LogP contribution in [0, 0.1) is 19.8 Å². The third kappa shape index (κ3) is 3.54. The van der Waals surface area contributed by atoms with Gasteiger partial charge in [0.1, 0.15) is 16.7 Å². The van der Waals surface area contributed by atoms with E-state index >= 15 is 0 Å². The van der Waals surface area contributed by atoms with Gasteiger partial charge in [-0.3, -0.25) is 4.90 Å². The lowest BCUT2D eigenvalue weighted by molar-refractivity contribution is 0.220. The van der Waals surface area contributed by atoms with Crippen LogP contribution in [0.4, 0.5) is 5.13 Å². The van der Waals surface area contributed by atoms with Crippen molar-refractivity contribution in [1.82, 2.24) is 29.5 Å². The molecule has 33 heavy (non-hydrogen) atoms. The number of hydrogen-bond donors (Lipinski definition) is 1. The van der Waals surface area contributed by atoms with Crippen LogP contribution in [0.2, 0.25) is 0 Å². The van der Waals surface area contributed by atoms with E-state index in [9.17, 15) is 0 Å². The zero-order chi connectivity index (χ0) is 22.9. The summed E-state index contributed by atoms with van der Waals surface area (Å²) in [5.74, 6) is 1.32. The summed E-state index contributed by atoms with van der Waals surface area (Å²) >= 11 is 1.80. The molecule has 2 fully saturated rings. The maximum Gasteiger partial charge on any atom is 0.188 e. The molecule has 1 saturated carbocycles. The number of anilines is 1. The zero-order valence-corrected chi connectivity index (χ0v) is 21.0. The van der Waals surface area contributed by atoms with Gasteiger partial charge in [0.05, 0.1) is 5.69 Å². The lowest BCUT2D eigenvalue weighted by atomic mass is 9.96. The van der Waals surface area contributed by atoms with E-state index in [2.05, 4.69) is 65.7 Å². The Hall–Kier alpha value is -2.45. The van der Waals surface area contributed by atoms with Crippen LogP contribution in [0.5, 0.6) is 0 Å².